The van der Waals surface area contributed by atoms with Crippen LogP contribution in [0.25, 0.3) is 33.3 Å². The first-order valence-corrected chi connectivity index (χ1v) is 22.7. The number of hydrazine groups is 1. The summed E-state index contributed by atoms with van der Waals surface area (Å²) in [6.07, 6.45) is 5.51. The van der Waals surface area contributed by atoms with E-state index in [1.54, 1.807) is 27.9 Å². The van der Waals surface area contributed by atoms with Crippen LogP contribution < -0.4 is 21.1 Å². The van der Waals surface area contributed by atoms with Gasteiger partial charge in [-0.15, -0.1) is 0 Å². The van der Waals surface area contributed by atoms with Crippen molar-refractivity contribution in [1.82, 2.24) is 30.6 Å². The summed E-state index contributed by atoms with van der Waals surface area (Å²) in [5.74, 6) is -1.57. The van der Waals surface area contributed by atoms with E-state index in [1.807, 2.05) is 37.4 Å². The van der Waals surface area contributed by atoms with Gasteiger partial charge in [-0.25, -0.2) is 19.8 Å². The number of benzene rings is 2. The average molecular weight is 866 g/mol. The first-order chi connectivity index (χ1) is 30.1. The van der Waals surface area contributed by atoms with Crippen molar-refractivity contribution < 1.29 is 33.7 Å². The molecule has 2 aromatic heterocycles. The van der Waals surface area contributed by atoms with E-state index < -0.39 is 41.1 Å². The Labute approximate surface area is 372 Å². The fourth-order valence-electron chi connectivity index (χ4n) is 8.84. The Morgan fingerprint density at radius 1 is 0.984 bits per heavy atom. The van der Waals surface area contributed by atoms with Gasteiger partial charge in [0.25, 0.3) is 0 Å². The number of rotatable bonds is 15. The van der Waals surface area contributed by atoms with Gasteiger partial charge in [-0.05, 0) is 113 Å². The van der Waals surface area contributed by atoms with Crippen molar-refractivity contribution in [3.05, 3.63) is 71.5 Å². The number of aliphatic hydroxyl groups is 1. The SMILES string of the molecule is CCn1c(-c2cc(N3CCN(C4CC4)CC3)cnc2[C@H](C)OC)c(CC(C)(C)CO)c2cc(-c3cccc(C[C@H](NC(=O)OC(C)(C)C)C(=O)OC(=O)C4CCCNN4)c3)ccc21. The van der Waals surface area contributed by atoms with Crippen molar-refractivity contribution in [2.75, 3.05) is 51.3 Å². The van der Waals surface area contributed by atoms with Gasteiger partial charge in [0.05, 0.1) is 29.4 Å². The predicted molar refractivity (Wildman–Crippen MR) is 245 cm³/mol. The van der Waals surface area contributed by atoms with E-state index in [9.17, 15) is 19.5 Å². The molecule has 2 saturated heterocycles. The van der Waals surface area contributed by atoms with Crippen LogP contribution in [0.4, 0.5) is 10.5 Å². The molecule has 1 saturated carbocycles. The van der Waals surface area contributed by atoms with Crippen molar-refractivity contribution >= 4 is 34.6 Å². The smallest absolute Gasteiger partial charge is 0.408 e. The summed E-state index contributed by atoms with van der Waals surface area (Å²) < 4.78 is 19.2. The largest absolute Gasteiger partial charge is 0.444 e. The molecule has 0 bridgehead atoms. The highest BCUT2D eigenvalue weighted by molar-refractivity contribution is 5.96. The second-order valence-electron chi connectivity index (χ2n) is 19.2. The van der Waals surface area contributed by atoms with Gasteiger partial charge in [-0.2, -0.15) is 0 Å². The molecule has 2 aromatic carbocycles. The van der Waals surface area contributed by atoms with E-state index in [0.29, 0.717) is 25.9 Å². The lowest BCUT2D eigenvalue weighted by Gasteiger charge is -2.36. The lowest BCUT2D eigenvalue weighted by atomic mass is 9.84. The normalized spacial score (nSPS) is 18.6. The number of amides is 1. The van der Waals surface area contributed by atoms with Gasteiger partial charge in [0.15, 0.2) is 0 Å². The summed E-state index contributed by atoms with van der Waals surface area (Å²) in [5.41, 5.74) is 13.5. The van der Waals surface area contributed by atoms with Crippen LogP contribution in [0.5, 0.6) is 0 Å². The Bertz CT molecular complexity index is 2270. The topological polar surface area (TPSA) is 160 Å². The van der Waals surface area contributed by atoms with Gasteiger partial charge in [0, 0.05) is 81.9 Å². The fourth-order valence-corrected chi connectivity index (χ4v) is 8.84. The third-order valence-electron chi connectivity index (χ3n) is 12.4. The Balaban J connectivity index is 1.26. The molecule has 1 unspecified atom stereocenters. The van der Waals surface area contributed by atoms with Crippen LogP contribution in [-0.4, -0.2) is 108 Å². The number of piperazine rings is 1. The number of hydrogen-bond acceptors (Lipinski definition) is 12. The first kappa shape index (κ1) is 46.1. The highest BCUT2D eigenvalue weighted by Gasteiger charge is 2.34. The monoisotopic (exact) mass is 866 g/mol. The molecule has 14 nitrogen and oxygen atoms in total. The van der Waals surface area contributed by atoms with Gasteiger partial charge < -0.3 is 34.1 Å². The zero-order chi connectivity index (χ0) is 45.1. The second kappa shape index (κ2) is 19.5. The minimum atomic E-state index is -1.19. The fraction of sp³-hybridized carbons (Fsp3) is 0.551. The average Bonchev–Trinajstić information content (AvgIpc) is 4.08. The maximum Gasteiger partial charge on any atom is 0.408 e. The molecule has 4 N–H and O–H groups in total. The number of methoxy groups -OCH3 is 1. The first-order valence-electron chi connectivity index (χ1n) is 22.7. The molecule has 3 fully saturated rings. The minimum Gasteiger partial charge on any atom is -0.444 e. The Morgan fingerprint density at radius 3 is 2.38 bits per heavy atom. The molecule has 3 atom stereocenters. The van der Waals surface area contributed by atoms with Crippen molar-refractivity contribution in [2.24, 2.45) is 5.41 Å². The number of aryl methyl sites for hydroxylation is 1. The molecule has 4 aromatic rings. The number of fused-ring (bicyclic) bond motifs is 1. The zero-order valence-electron chi connectivity index (χ0n) is 38.4. The summed E-state index contributed by atoms with van der Waals surface area (Å²) in [4.78, 5) is 49.8. The van der Waals surface area contributed by atoms with E-state index in [1.165, 1.54) is 12.8 Å². The van der Waals surface area contributed by atoms with Crippen molar-refractivity contribution in [2.45, 2.75) is 123 Å². The number of anilines is 1. The van der Waals surface area contributed by atoms with Crippen molar-refractivity contribution in [1.29, 1.82) is 0 Å². The zero-order valence-corrected chi connectivity index (χ0v) is 38.4. The van der Waals surface area contributed by atoms with Gasteiger partial charge in [-0.3, -0.25) is 15.3 Å². The van der Waals surface area contributed by atoms with Crippen LogP contribution in [0.15, 0.2) is 54.7 Å². The molecule has 7 rings (SSSR count). The predicted octanol–water partition coefficient (Wildman–Crippen LogP) is 6.71. The summed E-state index contributed by atoms with van der Waals surface area (Å²) in [7, 11) is 1.72. The van der Waals surface area contributed by atoms with Crippen LogP contribution in [0.1, 0.15) is 97.1 Å². The number of alkyl carbamates (subject to hydrolysis) is 1. The standard InChI is InChI=1S/C49H67N7O7/c1-9-56-42-18-15-34(33-13-10-12-32(24-33)25-41(52-47(60)63-48(3,4)5)46(59)62-45(58)40-14-11-19-51-53-40)26-37(42)39(28-49(6,7)30-57)44(56)38-27-36(29-50-43(38)31(2)61-8)55-22-20-54(21-23-55)35-16-17-35/h10,12-13,15,18,24,26-27,29,31,35,40-41,51,53,57H,9,11,14,16-17,19-23,25,28,30H2,1-8H3,(H,52,60)/t31-,40?,41-/m0/s1. The molecule has 2 aliphatic heterocycles. The maximum absolute atomic E-state index is 13.6. The number of aliphatic hydroxyl groups excluding tert-OH is 1. The summed E-state index contributed by atoms with van der Waals surface area (Å²) in [5, 5.41) is 14.4. The third-order valence-corrected chi connectivity index (χ3v) is 12.4. The highest BCUT2D eigenvalue weighted by Crippen LogP contribution is 2.43. The van der Waals surface area contributed by atoms with Gasteiger partial charge >= 0.3 is 18.0 Å². The molecule has 4 heterocycles. The molecule has 340 valence electrons. The molecule has 63 heavy (non-hydrogen) atoms. The van der Waals surface area contributed by atoms with Gasteiger partial charge in [0.1, 0.15) is 17.7 Å². The van der Waals surface area contributed by atoms with Crippen LogP contribution in [-0.2, 0) is 43.2 Å². The molecule has 1 amide bonds. The highest BCUT2D eigenvalue weighted by atomic mass is 16.6. The number of nitrogens with one attached hydrogen (secondary N) is 3. The van der Waals surface area contributed by atoms with E-state index in [0.717, 1.165) is 94.4 Å². The third kappa shape index (κ3) is 11.1. The van der Waals surface area contributed by atoms with E-state index in [2.05, 4.69) is 75.6 Å². The minimum absolute atomic E-state index is 0.0124. The van der Waals surface area contributed by atoms with Crippen LogP contribution in [0.2, 0.25) is 0 Å². The Hall–Kier alpha value is -4.86. The van der Waals surface area contributed by atoms with Crippen molar-refractivity contribution in [3.8, 4) is 22.4 Å². The summed E-state index contributed by atoms with van der Waals surface area (Å²) in [6, 6.07) is 15.5. The Morgan fingerprint density at radius 2 is 1.73 bits per heavy atom. The molecule has 0 radical (unpaired) electrons. The van der Waals surface area contributed by atoms with Crippen LogP contribution >= 0.6 is 0 Å². The summed E-state index contributed by atoms with van der Waals surface area (Å²) >= 11 is 0. The molecule has 14 heteroatoms. The lowest BCUT2D eigenvalue weighted by molar-refractivity contribution is -0.163. The number of ether oxygens (including phenoxy) is 3. The van der Waals surface area contributed by atoms with Gasteiger partial charge in [-0.1, -0.05) is 44.2 Å². The molecule has 0 spiro atoms. The number of aromatic nitrogens is 2. The second-order valence-corrected chi connectivity index (χ2v) is 19.2. The number of hydrogen-bond donors (Lipinski definition) is 4. The van der Waals surface area contributed by atoms with E-state index in [-0.39, 0.29) is 19.1 Å². The van der Waals surface area contributed by atoms with E-state index in [4.69, 9.17) is 19.2 Å². The number of carbonyl (C=O) groups excluding carboxylic acids is 3. The maximum atomic E-state index is 13.6. The van der Waals surface area contributed by atoms with Crippen LogP contribution in [0.3, 0.4) is 0 Å². The number of carbonyl (C=O) groups is 3. The number of nitrogens with zero attached hydrogens (tertiary/aromatic N) is 4. The van der Waals surface area contributed by atoms with E-state index >= 15 is 0 Å². The van der Waals surface area contributed by atoms with Crippen molar-refractivity contribution in [3.63, 3.8) is 0 Å². The van der Waals surface area contributed by atoms with Gasteiger partial charge in [0.2, 0.25) is 0 Å². The molecular formula is C49H67N7O7. The lowest BCUT2D eigenvalue weighted by Crippen LogP contribution is -2.52. The molecule has 3 aliphatic rings. The molecule has 1 aliphatic carbocycles. The molecular weight excluding hydrogens is 799 g/mol. The number of pyridine rings is 1. The quantitative estimate of drug-likeness (QED) is 0.0741. The van der Waals surface area contributed by atoms with Crippen LogP contribution in [0, 0.1) is 5.41 Å². The summed E-state index contributed by atoms with van der Waals surface area (Å²) in [6.45, 7) is 19.0. The number of esters is 2. The Kier molecular flexibility index (Phi) is 14.3.